The number of ether oxygens (including phenoxy) is 1. The van der Waals surface area contributed by atoms with E-state index < -0.39 is 5.97 Å². The highest BCUT2D eigenvalue weighted by atomic mass is 16.5. The van der Waals surface area contributed by atoms with Gasteiger partial charge in [0.05, 0.1) is 30.6 Å². The number of carbonyl (C=O) groups excluding carboxylic acids is 1. The molecule has 0 atom stereocenters. The first-order chi connectivity index (χ1) is 9.67. The van der Waals surface area contributed by atoms with Crippen LogP contribution < -0.4 is 11.1 Å². The number of methoxy groups -OCH3 is 1. The molecule has 0 saturated heterocycles. The minimum Gasteiger partial charge on any atom is -0.465 e. The second-order valence-electron chi connectivity index (χ2n) is 4.15. The number of hydrogen-bond acceptors (Lipinski definition) is 6. The van der Waals surface area contributed by atoms with Crippen LogP contribution in [-0.2, 0) is 17.8 Å². The van der Waals surface area contributed by atoms with E-state index in [1.165, 1.54) is 7.11 Å². The fourth-order valence-corrected chi connectivity index (χ4v) is 1.86. The van der Waals surface area contributed by atoms with Crippen LogP contribution in [0.2, 0.25) is 0 Å². The van der Waals surface area contributed by atoms with E-state index in [2.05, 4.69) is 20.3 Å². The third-order valence-electron chi connectivity index (χ3n) is 2.98. The van der Waals surface area contributed by atoms with E-state index in [-0.39, 0.29) is 0 Å². The molecule has 0 aliphatic carbocycles. The number of benzene rings is 1. The summed E-state index contributed by atoms with van der Waals surface area (Å²) in [7, 11) is 1.32. The normalized spacial score (nSPS) is 10.3. The van der Waals surface area contributed by atoms with Crippen molar-refractivity contribution in [3.8, 4) is 0 Å². The first-order valence-electron chi connectivity index (χ1n) is 6.24. The number of anilines is 2. The van der Waals surface area contributed by atoms with Gasteiger partial charge in [-0.1, -0.05) is 6.07 Å². The van der Waals surface area contributed by atoms with Crippen LogP contribution in [0.1, 0.15) is 23.1 Å². The van der Waals surface area contributed by atoms with Crippen LogP contribution in [0.25, 0.3) is 0 Å². The number of hydrogen-bond donors (Lipinski definition) is 2. The molecule has 106 valence electrons. The van der Waals surface area contributed by atoms with Gasteiger partial charge in [0.2, 0.25) is 0 Å². The molecule has 0 aliphatic heterocycles. The van der Waals surface area contributed by atoms with Gasteiger partial charge < -0.3 is 20.4 Å². The Labute approximate surface area is 116 Å². The number of nitrogens with one attached hydrogen (secondary N) is 1. The zero-order chi connectivity index (χ0) is 14.5. The summed E-state index contributed by atoms with van der Waals surface area (Å²) in [5, 5.41) is 11.0. The molecule has 7 nitrogen and oxygen atoms in total. The quantitative estimate of drug-likeness (QED) is 0.630. The van der Waals surface area contributed by atoms with Gasteiger partial charge >= 0.3 is 5.97 Å². The molecular weight excluding hydrogens is 258 g/mol. The summed E-state index contributed by atoms with van der Waals surface area (Å²) in [4.78, 5) is 11.6. The first-order valence-corrected chi connectivity index (χ1v) is 6.24. The Kier molecular flexibility index (Phi) is 4.19. The lowest BCUT2D eigenvalue weighted by Crippen LogP contribution is -2.11. The van der Waals surface area contributed by atoms with Crippen LogP contribution in [0.3, 0.4) is 0 Å². The van der Waals surface area contributed by atoms with Gasteiger partial charge in [-0.3, -0.25) is 0 Å². The lowest BCUT2D eigenvalue weighted by Gasteiger charge is -2.12. The molecule has 0 radical (unpaired) electrons. The van der Waals surface area contributed by atoms with Crippen molar-refractivity contribution >= 4 is 17.3 Å². The number of nitrogens with two attached hydrogens (primary N) is 1. The van der Waals surface area contributed by atoms with E-state index in [0.717, 1.165) is 12.4 Å². The highest BCUT2D eigenvalue weighted by Crippen LogP contribution is 2.23. The summed E-state index contributed by atoms with van der Waals surface area (Å²) in [5.41, 5.74) is 7.33. The molecule has 0 bridgehead atoms. The van der Waals surface area contributed by atoms with Gasteiger partial charge in [0.15, 0.2) is 5.82 Å². The Bertz CT molecular complexity index is 609. The molecule has 3 N–H and O–H groups in total. The Balaban J connectivity index is 2.16. The Morgan fingerprint density at radius 3 is 3.00 bits per heavy atom. The van der Waals surface area contributed by atoms with Gasteiger partial charge in [-0.25, -0.2) is 4.79 Å². The molecule has 0 aliphatic rings. The van der Waals surface area contributed by atoms with Crippen molar-refractivity contribution in [3.05, 3.63) is 35.9 Å². The predicted molar refractivity (Wildman–Crippen MR) is 75.2 cm³/mol. The van der Waals surface area contributed by atoms with Crippen molar-refractivity contribution in [2.75, 3.05) is 18.2 Å². The Hall–Kier alpha value is -2.57. The molecule has 20 heavy (non-hydrogen) atoms. The topological polar surface area (TPSA) is 95.1 Å². The molecule has 2 aromatic rings. The molecule has 2 rings (SSSR count). The maximum Gasteiger partial charge on any atom is 0.340 e. The molecule has 0 fully saturated rings. The summed E-state index contributed by atoms with van der Waals surface area (Å²) in [6.07, 6.45) is 1.67. The summed E-state index contributed by atoms with van der Waals surface area (Å²) in [5.74, 6) is 0.346. The standard InChI is InChI=1S/C13H17N5O2/c1-3-18-8-16-17-11(18)7-15-10-6-4-5-9(12(10)14)13(19)20-2/h4-6,8,15H,3,7,14H2,1-2H3. The number of nitrogen functional groups attached to an aromatic ring is 1. The minimum absolute atomic E-state index is 0.342. The van der Waals surface area contributed by atoms with Gasteiger partial charge in [0.1, 0.15) is 6.33 Å². The SMILES string of the molecule is CCn1cnnc1CNc1cccc(C(=O)OC)c1N. The summed E-state index contributed by atoms with van der Waals surface area (Å²) < 4.78 is 6.61. The lowest BCUT2D eigenvalue weighted by molar-refractivity contribution is 0.0602. The maximum atomic E-state index is 11.6. The number of carbonyl (C=O) groups is 1. The van der Waals surface area contributed by atoms with Crippen LogP contribution in [-0.4, -0.2) is 27.8 Å². The van der Waals surface area contributed by atoms with Gasteiger partial charge in [0.25, 0.3) is 0 Å². The summed E-state index contributed by atoms with van der Waals surface area (Å²) >= 11 is 0. The van der Waals surface area contributed by atoms with Crippen molar-refractivity contribution in [1.29, 1.82) is 0 Å². The Morgan fingerprint density at radius 1 is 1.50 bits per heavy atom. The van der Waals surface area contributed by atoms with E-state index >= 15 is 0 Å². The molecular formula is C13H17N5O2. The number of aryl methyl sites for hydroxylation is 1. The number of nitrogens with zero attached hydrogens (tertiary/aromatic N) is 3. The minimum atomic E-state index is -0.456. The van der Waals surface area contributed by atoms with Gasteiger partial charge in [0, 0.05) is 6.54 Å². The van der Waals surface area contributed by atoms with E-state index in [9.17, 15) is 4.79 Å². The van der Waals surface area contributed by atoms with Gasteiger partial charge in [-0.05, 0) is 19.1 Å². The van der Waals surface area contributed by atoms with E-state index in [1.807, 2.05) is 11.5 Å². The smallest absolute Gasteiger partial charge is 0.340 e. The third-order valence-corrected chi connectivity index (χ3v) is 2.98. The number of rotatable bonds is 5. The summed E-state index contributed by atoms with van der Waals surface area (Å²) in [6, 6.07) is 5.17. The fraction of sp³-hybridized carbons (Fsp3) is 0.308. The van der Waals surface area contributed by atoms with Crippen LogP contribution in [0.5, 0.6) is 0 Å². The zero-order valence-corrected chi connectivity index (χ0v) is 11.5. The third kappa shape index (κ3) is 2.71. The maximum absolute atomic E-state index is 11.6. The van der Waals surface area contributed by atoms with Crippen molar-refractivity contribution < 1.29 is 9.53 Å². The lowest BCUT2D eigenvalue weighted by atomic mass is 10.1. The Morgan fingerprint density at radius 2 is 2.30 bits per heavy atom. The highest BCUT2D eigenvalue weighted by molar-refractivity contribution is 5.98. The van der Waals surface area contributed by atoms with Crippen LogP contribution in [0.4, 0.5) is 11.4 Å². The molecule has 7 heteroatoms. The highest BCUT2D eigenvalue weighted by Gasteiger charge is 2.13. The molecule has 0 amide bonds. The van der Waals surface area contributed by atoms with Crippen LogP contribution >= 0.6 is 0 Å². The second kappa shape index (κ2) is 6.05. The molecule has 0 unspecified atom stereocenters. The predicted octanol–water partition coefficient (Wildman–Crippen LogP) is 1.28. The number of aromatic nitrogens is 3. The van der Waals surface area contributed by atoms with E-state index in [4.69, 9.17) is 5.73 Å². The molecule has 1 aromatic carbocycles. The number of esters is 1. The van der Waals surface area contributed by atoms with Crippen molar-refractivity contribution in [1.82, 2.24) is 14.8 Å². The number of para-hydroxylation sites is 1. The average Bonchev–Trinajstić information content (AvgIpc) is 2.93. The second-order valence-corrected chi connectivity index (χ2v) is 4.15. The molecule has 0 spiro atoms. The largest absolute Gasteiger partial charge is 0.465 e. The van der Waals surface area contributed by atoms with Crippen molar-refractivity contribution in [3.63, 3.8) is 0 Å². The molecule has 1 heterocycles. The monoisotopic (exact) mass is 275 g/mol. The first kappa shape index (κ1) is 13.9. The fourth-order valence-electron chi connectivity index (χ4n) is 1.86. The van der Waals surface area contributed by atoms with Crippen molar-refractivity contribution in [2.24, 2.45) is 0 Å². The van der Waals surface area contributed by atoms with Crippen molar-refractivity contribution in [2.45, 2.75) is 20.0 Å². The average molecular weight is 275 g/mol. The zero-order valence-electron chi connectivity index (χ0n) is 11.5. The summed E-state index contributed by atoms with van der Waals surface area (Å²) in [6.45, 7) is 3.28. The van der Waals surface area contributed by atoms with Crippen LogP contribution in [0, 0.1) is 0 Å². The van der Waals surface area contributed by atoms with E-state index in [1.54, 1.807) is 24.5 Å². The molecule has 0 saturated carbocycles. The van der Waals surface area contributed by atoms with E-state index in [0.29, 0.717) is 23.5 Å². The van der Waals surface area contributed by atoms with Gasteiger partial charge in [-0.2, -0.15) is 0 Å². The molecule has 1 aromatic heterocycles. The van der Waals surface area contributed by atoms with Crippen LogP contribution in [0.15, 0.2) is 24.5 Å². The van der Waals surface area contributed by atoms with Gasteiger partial charge in [-0.15, -0.1) is 10.2 Å².